The van der Waals surface area contributed by atoms with E-state index in [-0.39, 0.29) is 12.0 Å². The van der Waals surface area contributed by atoms with E-state index in [1.54, 1.807) is 0 Å². The zero-order valence-corrected chi connectivity index (χ0v) is 8.11. The van der Waals surface area contributed by atoms with Crippen molar-refractivity contribution < 1.29 is 5.11 Å². The van der Waals surface area contributed by atoms with Gasteiger partial charge in [0, 0.05) is 12.0 Å². The number of rotatable bonds is 2. The molecular weight excluding hydrogens is 172 g/mol. The maximum Gasteiger partial charge on any atom is 0.0471 e. The Balaban J connectivity index is 2.02. The Hall–Kier alpha value is -1.08. The number of fused-ring (bicyclic) bond motifs is 1. The summed E-state index contributed by atoms with van der Waals surface area (Å²) in [7, 11) is 0. The average molecular weight is 186 g/mol. The first kappa shape index (κ1) is 8.25. The van der Waals surface area contributed by atoms with Gasteiger partial charge in [-0.05, 0) is 29.9 Å². The van der Waals surface area contributed by atoms with Crippen molar-refractivity contribution in [3.05, 3.63) is 47.6 Å². The lowest BCUT2D eigenvalue weighted by molar-refractivity contribution is 0.299. The Bertz CT molecular complexity index is 384. The highest BCUT2D eigenvalue weighted by molar-refractivity contribution is 5.55. The molecular formula is C13H14O. The number of hydrogen-bond acceptors (Lipinski definition) is 1. The molecule has 1 N–H and O–H groups in total. The topological polar surface area (TPSA) is 20.2 Å². The number of aliphatic hydroxyl groups excluding tert-OH is 1. The Labute approximate surface area is 84.1 Å². The van der Waals surface area contributed by atoms with Crippen LogP contribution in [0.1, 0.15) is 12.8 Å². The molecule has 72 valence electrons. The van der Waals surface area contributed by atoms with Crippen LogP contribution in [0.25, 0.3) is 0 Å². The molecule has 2 atom stereocenters. The van der Waals surface area contributed by atoms with E-state index in [2.05, 4.69) is 36.5 Å². The SMILES string of the molecule is OCCC1=CC=CC23C=CC(C=C12)C3. The molecule has 1 spiro atoms. The zero-order chi connectivity index (χ0) is 9.60. The second kappa shape index (κ2) is 2.71. The Morgan fingerprint density at radius 3 is 3.14 bits per heavy atom. The standard InChI is InChI=1S/C13H14O/c14-7-4-11-2-1-5-13-6-3-10(9-13)8-12(11)13/h1-3,5-6,8,10,14H,4,7,9H2. The maximum absolute atomic E-state index is 9.00. The van der Waals surface area contributed by atoms with Gasteiger partial charge in [0.2, 0.25) is 0 Å². The van der Waals surface area contributed by atoms with Crippen LogP contribution < -0.4 is 0 Å². The van der Waals surface area contributed by atoms with Gasteiger partial charge in [0.15, 0.2) is 0 Å². The third-order valence-electron chi connectivity index (χ3n) is 3.51. The van der Waals surface area contributed by atoms with Crippen molar-refractivity contribution in [1.29, 1.82) is 0 Å². The van der Waals surface area contributed by atoms with Crippen molar-refractivity contribution in [2.45, 2.75) is 12.8 Å². The van der Waals surface area contributed by atoms with Gasteiger partial charge >= 0.3 is 0 Å². The minimum atomic E-state index is 0.198. The normalized spacial score (nSPS) is 37.1. The molecule has 0 aromatic carbocycles. The molecule has 0 aromatic rings. The summed E-state index contributed by atoms with van der Waals surface area (Å²) in [4.78, 5) is 0. The van der Waals surface area contributed by atoms with Crippen LogP contribution in [0, 0.1) is 11.3 Å². The van der Waals surface area contributed by atoms with E-state index < -0.39 is 0 Å². The van der Waals surface area contributed by atoms with E-state index in [1.807, 2.05) is 0 Å². The van der Waals surface area contributed by atoms with Gasteiger partial charge in [-0.2, -0.15) is 0 Å². The highest BCUT2D eigenvalue weighted by Gasteiger charge is 2.42. The van der Waals surface area contributed by atoms with Crippen LogP contribution in [0.15, 0.2) is 47.6 Å². The number of hydrogen-bond donors (Lipinski definition) is 1. The van der Waals surface area contributed by atoms with Crippen molar-refractivity contribution in [2.24, 2.45) is 11.3 Å². The molecule has 3 aliphatic carbocycles. The molecule has 0 saturated carbocycles. The minimum absolute atomic E-state index is 0.198. The van der Waals surface area contributed by atoms with Crippen LogP contribution in [0.2, 0.25) is 0 Å². The lowest BCUT2D eigenvalue weighted by Gasteiger charge is -2.28. The summed E-state index contributed by atoms with van der Waals surface area (Å²) in [6.45, 7) is 0.251. The van der Waals surface area contributed by atoms with E-state index in [0.29, 0.717) is 5.92 Å². The summed E-state index contributed by atoms with van der Waals surface area (Å²) in [5.41, 5.74) is 2.97. The number of aliphatic hydroxyl groups is 1. The molecule has 0 saturated heterocycles. The molecule has 0 aliphatic heterocycles. The smallest absolute Gasteiger partial charge is 0.0471 e. The van der Waals surface area contributed by atoms with Gasteiger partial charge in [-0.15, -0.1) is 0 Å². The predicted octanol–water partition coefficient (Wildman–Crippen LogP) is 2.37. The van der Waals surface area contributed by atoms with E-state index >= 15 is 0 Å². The molecule has 0 heterocycles. The largest absolute Gasteiger partial charge is 0.396 e. The minimum Gasteiger partial charge on any atom is -0.396 e. The first-order valence-electron chi connectivity index (χ1n) is 5.25. The summed E-state index contributed by atoms with van der Waals surface area (Å²) in [5, 5.41) is 9.00. The van der Waals surface area contributed by atoms with Crippen molar-refractivity contribution in [3.8, 4) is 0 Å². The van der Waals surface area contributed by atoms with Gasteiger partial charge in [-0.25, -0.2) is 0 Å². The maximum atomic E-state index is 9.00. The first-order chi connectivity index (χ1) is 6.84. The fraction of sp³-hybridized carbons (Fsp3) is 0.385. The second-order valence-electron chi connectivity index (χ2n) is 4.37. The zero-order valence-electron chi connectivity index (χ0n) is 8.11. The Morgan fingerprint density at radius 2 is 2.36 bits per heavy atom. The molecule has 14 heavy (non-hydrogen) atoms. The van der Waals surface area contributed by atoms with Crippen LogP contribution in [0.3, 0.4) is 0 Å². The van der Waals surface area contributed by atoms with Gasteiger partial charge in [0.05, 0.1) is 0 Å². The van der Waals surface area contributed by atoms with Crippen molar-refractivity contribution >= 4 is 0 Å². The van der Waals surface area contributed by atoms with Gasteiger partial charge in [0.25, 0.3) is 0 Å². The van der Waals surface area contributed by atoms with Gasteiger partial charge in [-0.1, -0.05) is 36.5 Å². The monoisotopic (exact) mass is 186 g/mol. The van der Waals surface area contributed by atoms with Crippen molar-refractivity contribution in [1.82, 2.24) is 0 Å². The lowest BCUT2D eigenvalue weighted by atomic mass is 9.75. The number of allylic oxidation sites excluding steroid dienone is 7. The predicted molar refractivity (Wildman–Crippen MR) is 56.7 cm³/mol. The van der Waals surface area contributed by atoms with Crippen LogP contribution in [-0.2, 0) is 0 Å². The van der Waals surface area contributed by atoms with Gasteiger partial charge in [-0.3, -0.25) is 0 Å². The van der Waals surface area contributed by atoms with Crippen molar-refractivity contribution in [2.75, 3.05) is 6.61 Å². The van der Waals surface area contributed by atoms with E-state index in [1.165, 1.54) is 17.6 Å². The van der Waals surface area contributed by atoms with Crippen LogP contribution in [0.4, 0.5) is 0 Å². The molecule has 0 fully saturated rings. The molecule has 2 unspecified atom stereocenters. The van der Waals surface area contributed by atoms with Crippen molar-refractivity contribution in [3.63, 3.8) is 0 Å². The molecule has 3 rings (SSSR count). The quantitative estimate of drug-likeness (QED) is 0.656. The Kier molecular flexibility index (Phi) is 1.59. The van der Waals surface area contributed by atoms with Crippen LogP contribution >= 0.6 is 0 Å². The molecule has 1 heteroatoms. The van der Waals surface area contributed by atoms with E-state index in [4.69, 9.17) is 5.11 Å². The first-order valence-corrected chi connectivity index (χ1v) is 5.25. The summed E-state index contributed by atoms with van der Waals surface area (Å²) in [6, 6.07) is 0. The fourth-order valence-corrected chi connectivity index (χ4v) is 2.89. The van der Waals surface area contributed by atoms with E-state index in [9.17, 15) is 0 Å². The highest BCUT2D eigenvalue weighted by atomic mass is 16.2. The summed E-state index contributed by atoms with van der Waals surface area (Å²) in [5.74, 6) is 0.634. The molecule has 1 nitrogen and oxygen atoms in total. The molecule has 2 bridgehead atoms. The molecule has 0 radical (unpaired) electrons. The summed E-state index contributed by atoms with van der Waals surface area (Å²) in [6.07, 6.45) is 15.6. The van der Waals surface area contributed by atoms with Crippen LogP contribution in [0.5, 0.6) is 0 Å². The summed E-state index contributed by atoms with van der Waals surface area (Å²) >= 11 is 0. The molecule has 3 aliphatic rings. The average Bonchev–Trinajstić information content (AvgIpc) is 2.74. The fourth-order valence-electron chi connectivity index (χ4n) is 2.89. The summed E-state index contributed by atoms with van der Waals surface area (Å²) < 4.78 is 0. The third-order valence-corrected chi connectivity index (χ3v) is 3.51. The lowest BCUT2D eigenvalue weighted by Crippen LogP contribution is -2.17. The molecule has 0 aromatic heterocycles. The van der Waals surface area contributed by atoms with E-state index in [0.717, 1.165) is 6.42 Å². The van der Waals surface area contributed by atoms with Crippen LogP contribution in [-0.4, -0.2) is 11.7 Å². The highest BCUT2D eigenvalue weighted by Crippen LogP contribution is 2.54. The second-order valence-corrected chi connectivity index (χ2v) is 4.37. The Morgan fingerprint density at radius 1 is 1.43 bits per heavy atom. The third kappa shape index (κ3) is 0.934. The molecule has 0 amide bonds. The van der Waals surface area contributed by atoms with Gasteiger partial charge in [0.1, 0.15) is 0 Å². The van der Waals surface area contributed by atoms with Gasteiger partial charge < -0.3 is 5.11 Å².